The molecule has 0 aliphatic rings. The Labute approximate surface area is 127 Å². The fourth-order valence-corrected chi connectivity index (χ4v) is 5.25. The third-order valence-electron chi connectivity index (χ3n) is 3.48. The van der Waals surface area contributed by atoms with Crippen LogP contribution < -0.4 is 5.19 Å². The highest BCUT2D eigenvalue weighted by molar-refractivity contribution is 8.03. The lowest BCUT2D eigenvalue weighted by Crippen LogP contribution is -2.40. The van der Waals surface area contributed by atoms with Gasteiger partial charge < -0.3 is 0 Å². The molecule has 0 radical (unpaired) electrons. The zero-order chi connectivity index (χ0) is 14.4. The number of allylic oxidation sites excluding steroid dienone is 2. The van der Waals surface area contributed by atoms with Crippen molar-refractivity contribution >= 4 is 25.0 Å². The van der Waals surface area contributed by atoms with Crippen LogP contribution in [-0.4, -0.2) is 8.07 Å². The predicted molar refractivity (Wildman–Crippen MR) is 94.4 cm³/mol. The van der Waals surface area contributed by atoms with Crippen molar-refractivity contribution in [3.05, 3.63) is 71.6 Å². The first-order valence-corrected chi connectivity index (χ1v) is 11.1. The molecule has 0 nitrogen and oxygen atoms in total. The molecule has 104 valence electrons. The number of rotatable bonds is 5. The van der Waals surface area contributed by atoms with Crippen molar-refractivity contribution in [2.24, 2.45) is 0 Å². The summed E-state index contributed by atoms with van der Waals surface area (Å²) in [5.41, 5.74) is 0. The molecule has 0 saturated heterocycles. The van der Waals surface area contributed by atoms with Crippen molar-refractivity contribution in [1.29, 1.82) is 0 Å². The van der Waals surface area contributed by atoms with Crippen LogP contribution in [0.1, 0.15) is 6.92 Å². The van der Waals surface area contributed by atoms with Crippen molar-refractivity contribution in [2.75, 3.05) is 0 Å². The van der Waals surface area contributed by atoms with Gasteiger partial charge in [0.1, 0.15) is 0 Å². The number of benzene rings is 2. The second-order valence-electron chi connectivity index (χ2n) is 5.68. The average Bonchev–Trinajstić information content (AvgIpc) is 2.47. The van der Waals surface area contributed by atoms with Gasteiger partial charge in [0.15, 0.2) is 0 Å². The molecule has 0 amide bonds. The number of hydrogen-bond donors (Lipinski definition) is 0. The Bertz CT molecular complexity index is 558. The first kappa shape index (κ1) is 15.1. The fourth-order valence-electron chi connectivity index (χ4n) is 2.12. The molecule has 0 bridgehead atoms. The van der Waals surface area contributed by atoms with Crippen molar-refractivity contribution in [3.63, 3.8) is 0 Å². The zero-order valence-electron chi connectivity index (χ0n) is 12.5. The molecule has 0 aliphatic heterocycles. The molecule has 2 rings (SSSR count). The van der Waals surface area contributed by atoms with Gasteiger partial charge in [-0.1, -0.05) is 84.6 Å². The van der Waals surface area contributed by atoms with Crippen molar-refractivity contribution in [2.45, 2.75) is 31.0 Å². The van der Waals surface area contributed by atoms with Crippen LogP contribution in [0.25, 0.3) is 0 Å². The minimum Gasteiger partial charge on any atom is -0.0952 e. The van der Waals surface area contributed by atoms with Gasteiger partial charge in [-0.25, -0.2) is 0 Å². The summed E-state index contributed by atoms with van der Waals surface area (Å²) < 4.78 is 0. The third-order valence-corrected chi connectivity index (χ3v) is 7.59. The molecule has 0 N–H and O–H groups in total. The molecule has 0 aromatic heterocycles. The third kappa shape index (κ3) is 4.39. The van der Waals surface area contributed by atoms with E-state index in [2.05, 4.69) is 86.8 Å². The van der Waals surface area contributed by atoms with Crippen LogP contribution in [0.5, 0.6) is 0 Å². The Hall–Kier alpha value is -1.25. The van der Waals surface area contributed by atoms with Gasteiger partial charge >= 0.3 is 0 Å². The van der Waals surface area contributed by atoms with E-state index in [1.54, 1.807) is 0 Å². The van der Waals surface area contributed by atoms with Gasteiger partial charge in [-0.3, -0.25) is 0 Å². The van der Waals surface area contributed by atoms with E-state index in [1.165, 1.54) is 21.0 Å². The molecule has 0 atom stereocenters. The molecule has 0 unspecified atom stereocenters. The van der Waals surface area contributed by atoms with Gasteiger partial charge in [-0.05, 0) is 30.0 Å². The Balaban J connectivity index is 2.01. The van der Waals surface area contributed by atoms with Crippen LogP contribution in [0.2, 0.25) is 19.1 Å². The Kier molecular flexibility index (Phi) is 5.27. The normalized spacial score (nSPS) is 12.4. The van der Waals surface area contributed by atoms with E-state index in [1.807, 2.05) is 11.8 Å². The topological polar surface area (TPSA) is 0 Å². The minimum atomic E-state index is -1.35. The van der Waals surface area contributed by atoms with Gasteiger partial charge in [-0.15, -0.1) is 0 Å². The predicted octanol–water partition coefficient (Wildman–Crippen LogP) is 5.30. The molecule has 2 aromatic rings. The summed E-state index contributed by atoms with van der Waals surface area (Å²) >= 11 is 1.86. The van der Waals surface area contributed by atoms with E-state index in [0.29, 0.717) is 0 Å². The van der Waals surface area contributed by atoms with Crippen LogP contribution in [0.3, 0.4) is 0 Å². The van der Waals surface area contributed by atoms with E-state index in [-0.39, 0.29) is 0 Å². The van der Waals surface area contributed by atoms with Crippen LogP contribution in [0.15, 0.2) is 76.5 Å². The second kappa shape index (κ2) is 6.96. The molecule has 2 aromatic carbocycles. The van der Waals surface area contributed by atoms with Gasteiger partial charge in [0.05, 0.1) is 8.07 Å². The lowest BCUT2D eigenvalue weighted by atomic mass is 10.4. The molecule has 0 fully saturated rings. The second-order valence-corrected chi connectivity index (χ2v) is 11.8. The highest BCUT2D eigenvalue weighted by Gasteiger charge is 2.21. The van der Waals surface area contributed by atoms with E-state index in [4.69, 9.17) is 0 Å². The molecule has 0 saturated carbocycles. The molecular weight excluding hydrogens is 276 g/mol. The lowest BCUT2D eigenvalue weighted by molar-refractivity contribution is 1.44. The minimum absolute atomic E-state index is 1.20. The summed E-state index contributed by atoms with van der Waals surface area (Å²) in [4.78, 5) is 2.72. The van der Waals surface area contributed by atoms with Gasteiger partial charge in [0.2, 0.25) is 0 Å². The largest absolute Gasteiger partial charge is 0.0952 e. The van der Waals surface area contributed by atoms with Gasteiger partial charge in [0.25, 0.3) is 0 Å². The quantitative estimate of drug-likeness (QED) is 0.533. The molecule has 20 heavy (non-hydrogen) atoms. The zero-order valence-corrected chi connectivity index (χ0v) is 14.3. The van der Waals surface area contributed by atoms with Crippen molar-refractivity contribution in [3.8, 4) is 0 Å². The highest BCUT2D eigenvalue weighted by atomic mass is 32.2. The lowest BCUT2D eigenvalue weighted by Gasteiger charge is -2.21. The Morgan fingerprint density at radius 3 is 2.10 bits per heavy atom. The maximum absolute atomic E-state index is 2.44. The van der Waals surface area contributed by atoms with E-state index < -0.39 is 8.07 Å². The average molecular weight is 299 g/mol. The van der Waals surface area contributed by atoms with E-state index in [9.17, 15) is 0 Å². The first-order chi connectivity index (χ1) is 9.58. The molecule has 0 aliphatic carbocycles. The number of thioether (sulfide) groups is 1. The fraction of sp³-hybridized carbons (Fsp3) is 0.222. The summed E-state index contributed by atoms with van der Waals surface area (Å²) in [6.45, 7) is 7.10. The van der Waals surface area contributed by atoms with E-state index in [0.717, 1.165) is 0 Å². The summed E-state index contributed by atoms with van der Waals surface area (Å²) in [5, 5.41) is 1.54. The molecule has 0 spiro atoms. The summed E-state index contributed by atoms with van der Waals surface area (Å²) in [6, 6.07) is 22.7. The first-order valence-electron chi connectivity index (χ1n) is 7.03. The number of hydrogen-bond acceptors (Lipinski definition) is 1. The molecular formula is C18H22SSi. The summed E-state index contributed by atoms with van der Waals surface area (Å²) in [6.07, 6.45) is 2.41. The standard InChI is InChI=1S/C18H22SSi/c1-16(19-17-10-6-4-7-11-17)14-15-20(2,3)18-12-8-5-9-13-18/h4-14H,15H2,1-3H3/b16-14-. The maximum Gasteiger partial charge on any atom is 0.0843 e. The molecule has 2 heteroatoms. The maximum atomic E-state index is 2.44. The Morgan fingerprint density at radius 2 is 1.50 bits per heavy atom. The van der Waals surface area contributed by atoms with Crippen LogP contribution in [0.4, 0.5) is 0 Å². The van der Waals surface area contributed by atoms with Crippen LogP contribution >= 0.6 is 11.8 Å². The Morgan fingerprint density at radius 1 is 0.950 bits per heavy atom. The van der Waals surface area contributed by atoms with Crippen LogP contribution in [-0.2, 0) is 0 Å². The van der Waals surface area contributed by atoms with Crippen LogP contribution in [0, 0.1) is 0 Å². The summed E-state index contributed by atoms with van der Waals surface area (Å²) in [7, 11) is -1.35. The smallest absolute Gasteiger partial charge is 0.0843 e. The van der Waals surface area contributed by atoms with E-state index >= 15 is 0 Å². The van der Waals surface area contributed by atoms with Gasteiger partial charge in [0, 0.05) is 4.90 Å². The monoisotopic (exact) mass is 298 g/mol. The summed E-state index contributed by atoms with van der Waals surface area (Å²) in [5.74, 6) is 0. The van der Waals surface area contributed by atoms with Gasteiger partial charge in [-0.2, -0.15) is 0 Å². The van der Waals surface area contributed by atoms with Crippen molar-refractivity contribution in [1.82, 2.24) is 0 Å². The highest BCUT2D eigenvalue weighted by Crippen LogP contribution is 2.27. The SMILES string of the molecule is C/C(=C/C[Si](C)(C)c1ccccc1)Sc1ccccc1. The molecule has 0 heterocycles. The van der Waals surface area contributed by atoms with Crippen molar-refractivity contribution < 1.29 is 0 Å².